The first-order chi connectivity index (χ1) is 7.22. The van der Waals surface area contributed by atoms with Crippen LogP contribution in [0.3, 0.4) is 0 Å². The number of likely N-dealkylation sites (N-methyl/N-ethyl adjacent to an activating group) is 1. The molecule has 0 aromatic rings. The molecule has 1 aliphatic rings. The predicted octanol–water partition coefficient (Wildman–Crippen LogP) is 0.870. The number of likely N-dealkylation sites (tertiary alicyclic amines) is 1. The summed E-state index contributed by atoms with van der Waals surface area (Å²) in [5.74, 6) is 0.910. The minimum absolute atomic E-state index is 0.910. The minimum Gasteiger partial charge on any atom is -0.315 e. The van der Waals surface area contributed by atoms with E-state index in [1.165, 1.54) is 39.0 Å². The summed E-state index contributed by atoms with van der Waals surface area (Å²) in [6.45, 7) is 9.43. The average Bonchev–Trinajstić information content (AvgIpc) is 2.26. The molecule has 1 N–H and O–H groups in total. The number of rotatable bonds is 6. The highest BCUT2D eigenvalue weighted by molar-refractivity contribution is 4.71. The summed E-state index contributed by atoms with van der Waals surface area (Å²) in [6.07, 6.45) is 2.74. The molecule has 1 fully saturated rings. The van der Waals surface area contributed by atoms with Gasteiger partial charge in [0.25, 0.3) is 0 Å². The molecule has 0 aliphatic carbocycles. The molecule has 0 amide bonds. The molecule has 3 nitrogen and oxygen atoms in total. The van der Waals surface area contributed by atoms with E-state index in [0.717, 1.165) is 19.0 Å². The van der Waals surface area contributed by atoms with Crippen molar-refractivity contribution in [3.8, 4) is 0 Å². The van der Waals surface area contributed by atoms with Crippen molar-refractivity contribution in [2.24, 2.45) is 5.92 Å². The third-order valence-corrected chi connectivity index (χ3v) is 3.48. The second kappa shape index (κ2) is 7.20. The maximum Gasteiger partial charge on any atom is 0.0104 e. The second-order valence-corrected chi connectivity index (χ2v) is 4.85. The third kappa shape index (κ3) is 5.50. The van der Waals surface area contributed by atoms with Crippen LogP contribution in [0.15, 0.2) is 0 Å². The molecular weight excluding hydrogens is 186 g/mol. The van der Waals surface area contributed by atoms with Crippen molar-refractivity contribution in [2.45, 2.75) is 19.8 Å². The summed E-state index contributed by atoms with van der Waals surface area (Å²) in [4.78, 5) is 4.78. The molecule has 0 bridgehead atoms. The zero-order valence-electron chi connectivity index (χ0n) is 10.6. The monoisotopic (exact) mass is 213 g/mol. The number of hydrogen-bond donors (Lipinski definition) is 1. The van der Waals surface area contributed by atoms with E-state index in [2.05, 4.69) is 36.1 Å². The van der Waals surface area contributed by atoms with Crippen molar-refractivity contribution < 1.29 is 0 Å². The van der Waals surface area contributed by atoms with Crippen LogP contribution in [-0.2, 0) is 0 Å². The Balaban J connectivity index is 1.96. The predicted molar refractivity (Wildman–Crippen MR) is 66.3 cm³/mol. The lowest BCUT2D eigenvalue weighted by atomic mass is 9.97. The van der Waals surface area contributed by atoms with Gasteiger partial charge in [-0.05, 0) is 59.0 Å². The van der Waals surface area contributed by atoms with Crippen molar-refractivity contribution >= 4 is 0 Å². The lowest BCUT2D eigenvalue weighted by Crippen LogP contribution is -2.37. The van der Waals surface area contributed by atoms with E-state index in [1.54, 1.807) is 0 Å². The van der Waals surface area contributed by atoms with Crippen molar-refractivity contribution in [1.82, 2.24) is 15.1 Å². The molecule has 0 unspecified atom stereocenters. The molecule has 90 valence electrons. The van der Waals surface area contributed by atoms with Crippen molar-refractivity contribution in [1.29, 1.82) is 0 Å². The third-order valence-electron chi connectivity index (χ3n) is 3.48. The molecule has 1 aliphatic heterocycles. The van der Waals surface area contributed by atoms with Gasteiger partial charge in [-0.3, -0.25) is 0 Å². The number of nitrogens with zero attached hydrogens (tertiary/aromatic N) is 2. The van der Waals surface area contributed by atoms with Gasteiger partial charge in [0.15, 0.2) is 0 Å². The summed E-state index contributed by atoms with van der Waals surface area (Å²) in [7, 11) is 4.40. The molecule has 0 atom stereocenters. The van der Waals surface area contributed by atoms with Crippen LogP contribution < -0.4 is 5.32 Å². The van der Waals surface area contributed by atoms with E-state index in [-0.39, 0.29) is 0 Å². The maximum absolute atomic E-state index is 3.57. The number of nitrogens with one attached hydrogen (secondary N) is 1. The highest BCUT2D eigenvalue weighted by Gasteiger charge is 2.15. The molecule has 1 heterocycles. The number of hydrogen-bond acceptors (Lipinski definition) is 3. The Morgan fingerprint density at radius 2 is 2.00 bits per heavy atom. The molecule has 0 spiro atoms. The van der Waals surface area contributed by atoms with Gasteiger partial charge in [0.2, 0.25) is 0 Å². The zero-order chi connectivity index (χ0) is 11.1. The van der Waals surface area contributed by atoms with Gasteiger partial charge in [-0.25, -0.2) is 0 Å². The van der Waals surface area contributed by atoms with E-state index in [0.29, 0.717) is 0 Å². The largest absolute Gasteiger partial charge is 0.315 e. The summed E-state index contributed by atoms with van der Waals surface area (Å²) in [6, 6.07) is 0. The van der Waals surface area contributed by atoms with Crippen LogP contribution in [0.1, 0.15) is 19.8 Å². The molecule has 0 saturated carbocycles. The van der Waals surface area contributed by atoms with Gasteiger partial charge in [0.1, 0.15) is 0 Å². The van der Waals surface area contributed by atoms with Crippen molar-refractivity contribution in [3.05, 3.63) is 0 Å². The molecule has 1 saturated heterocycles. The first kappa shape index (κ1) is 12.9. The Hall–Kier alpha value is -0.120. The van der Waals surface area contributed by atoms with Crippen LogP contribution in [0, 0.1) is 5.92 Å². The highest BCUT2D eigenvalue weighted by Crippen LogP contribution is 2.14. The van der Waals surface area contributed by atoms with Crippen LogP contribution in [0.25, 0.3) is 0 Å². The minimum atomic E-state index is 0.910. The molecule has 3 heteroatoms. The van der Waals surface area contributed by atoms with E-state index >= 15 is 0 Å². The maximum atomic E-state index is 3.57. The fourth-order valence-corrected chi connectivity index (χ4v) is 2.00. The van der Waals surface area contributed by atoms with Gasteiger partial charge in [-0.2, -0.15) is 0 Å². The van der Waals surface area contributed by atoms with Gasteiger partial charge in [0, 0.05) is 13.1 Å². The van der Waals surface area contributed by atoms with Crippen LogP contribution in [0.5, 0.6) is 0 Å². The Bertz CT molecular complexity index is 153. The molecule has 0 aromatic carbocycles. The number of piperidine rings is 1. The Kier molecular flexibility index (Phi) is 6.22. The lowest BCUT2D eigenvalue weighted by Gasteiger charge is -2.29. The fourth-order valence-electron chi connectivity index (χ4n) is 2.00. The summed E-state index contributed by atoms with van der Waals surface area (Å²) in [5, 5.41) is 3.57. The Labute approximate surface area is 94.8 Å². The topological polar surface area (TPSA) is 18.5 Å². The Morgan fingerprint density at radius 1 is 1.33 bits per heavy atom. The average molecular weight is 213 g/mol. The smallest absolute Gasteiger partial charge is 0.0104 e. The van der Waals surface area contributed by atoms with Crippen LogP contribution >= 0.6 is 0 Å². The van der Waals surface area contributed by atoms with Crippen LogP contribution in [0.2, 0.25) is 0 Å². The van der Waals surface area contributed by atoms with E-state index in [9.17, 15) is 0 Å². The summed E-state index contributed by atoms with van der Waals surface area (Å²) in [5.41, 5.74) is 0. The second-order valence-electron chi connectivity index (χ2n) is 4.85. The lowest BCUT2D eigenvalue weighted by molar-refractivity contribution is 0.214. The molecule has 1 rings (SSSR count). The van der Waals surface area contributed by atoms with Gasteiger partial charge < -0.3 is 15.1 Å². The van der Waals surface area contributed by atoms with Crippen LogP contribution in [-0.4, -0.2) is 63.2 Å². The van der Waals surface area contributed by atoms with Gasteiger partial charge in [-0.15, -0.1) is 0 Å². The first-order valence-electron chi connectivity index (χ1n) is 6.30. The fraction of sp³-hybridized carbons (Fsp3) is 1.00. The van der Waals surface area contributed by atoms with Gasteiger partial charge in [-0.1, -0.05) is 6.92 Å². The van der Waals surface area contributed by atoms with E-state index in [1.807, 2.05) is 0 Å². The van der Waals surface area contributed by atoms with Gasteiger partial charge >= 0.3 is 0 Å². The normalized spacial score (nSPS) is 20.0. The standard InChI is InChI=1S/C12H27N3/c1-4-14(2)10-7-13-11-12-5-8-15(3)9-6-12/h12-13H,4-11H2,1-3H3. The quantitative estimate of drug-likeness (QED) is 0.661. The summed E-state index contributed by atoms with van der Waals surface area (Å²) >= 11 is 0. The molecule has 15 heavy (non-hydrogen) atoms. The van der Waals surface area contributed by atoms with Crippen molar-refractivity contribution in [3.63, 3.8) is 0 Å². The van der Waals surface area contributed by atoms with Crippen molar-refractivity contribution in [2.75, 3.05) is 53.4 Å². The van der Waals surface area contributed by atoms with E-state index in [4.69, 9.17) is 0 Å². The highest BCUT2D eigenvalue weighted by atomic mass is 15.1. The molecular formula is C12H27N3. The first-order valence-corrected chi connectivity index (χ1v) is 6.30. The van der Waals surface area contributed by atoms with E-state index < -0.39 is 0 Å². The Morgan fingerprint density at radius 3 is 2.60 bits per heavy atom. The summed E-state index contributed by atoms with van der Waals surface area (Å²) < 4.78 is 0. The van der Waals surface area contributed by atoms with Gasteiger partial charge in [0.05, 0.1) is 0 Å². The zero-order valence-corrected chi connectivity index (χ0v) is 10.6. The van der Waals surface area contributed by atoms with Crippen LogP contribution in [0.4, 0.5) is 0 Å². The molecule has 0 radical (unpaired) electrons. The molecule has 0 aromatic heterocycles. The SMILES string of the molecule is CCN(C)CCNCC1CCN(C)CC1.